The van der Waals surface area contributed by atoms with Gasteiger partial charge in [0, 0.05) is 51.5 Å². The summed E-state index contributed by atoms with van der Waals surface area (Å²) >= 11 is 0. The van der Waals surface area contributed by atoms with Gasteiger partial charge in [0.05, 0.1) is 6.04 Å². The Morgan fingerprint density at radius 3 is 2.52 bits per heavy atom. The second kappa shape index (κ2) is 12.0. The number of piperazine rings is 1. The first-order chi connectivity index (χ1) is 15.8. The number of nitrogens with zero attached hydrogens (tertiary/aromatic N) is 4. The molecule has 2 atom stereocenters. The van der Waals surface area contributed by atoms with E-state index in [-0.39, 0.29) is 23.9 Å². The van der Waals surface area contributed by atoms with E-state index in [2.05, 4.69) is 55.7 Å². The van der Waals surface area contributed by atoms with Crippen LogP contribution >= 0.6 is 0 Å². The Labute approximate surface area is 200 Å². The SMILES string of the molecule is CCCn1ccnc1CC1CCN(C(=O)C(CC(C)C)N2CCN[C@@H](CC(C)C)C2=O)CC1. The molecule has 2 aliphatic heterocycles. The number of amides is 2. The number of imidazole rings is 1. The van der Waals surface area contributed by atoms with E-state index in [0.29, 0.717) is 24.3 Å². The molecule has 186 valence electrons. The van der Waals surface area contributed by atoms with Gasteiger partial charge in [-0.1, -0.05) is 34.6 Å². The average Bonchev–Trinajstić information content (AvgIpc) is 3.20. The van der Waals surface area contributed by atoms with Crippen molar-refractivity contribution in [2.45, 2.75) is 91.8 Å². The zero-order valence-electron chi connectivity index (χ0n) is 21.4. The van der Waals surface area contributed by atoms with Crippen molar-refractivity contribution >= 4 is 11.8 Å². The van der Waals surface area contributed by atoms with Crippen LogP contribution in [0.2, 0.25) is 0 Å². The normalized spacial score (nSPS) is 21.3. The Morgan fingerprint density at radius 2 is 1.88 bits per heavy atom. The fourth-order valence-electron chi connectivity index (χ4n) is 5.33. The number of hydrogen-bond donors (Lipinski definition) is 1. The zero-order valence-corrected chi connectivity index (χ0v) is 21.4. The highest BCUT2D eigenvalue weighted by Gasteiger charge is 2.39. The molecule has 1 N–H and O–H groups in total. The van der Waals surface area contributed by atoms with Crippen molar-refractivity contribution in [1.29, 1.82) is 0 Å². The molecule has 0 radical (unpaired) electrons. The highest BCUT2D eigenvalue weighted by Crippen LogP contribution is 2.25. The number of rotatable bonds is 10. The molecule has 7 nitrogen and oxygen atoms in total. The summed E-state index contributed by atoms with van der Waals surface area (Å²) in [5, 5.41) is 3.37. The van der Waals surface area contributed by atoms with Crippen molar-refractivity contribution in [2.75, 3.05) is 26.2 Å². The lowest BCUT2D eigenvalue weighted by atomic mass is 9.91. The Hall–Kier alpha value is -1.89. The molecule has 2 amide bonds. The van der Waals surface area contributed by atoms with Crippen LogP contribution in [0.5, 0.6) is 0 Å². The molecular weight excluding hydrogens is 414 g/mol. The predicted octanol–water partition coefficient (Wildman–Crippen LogP) is 3.34. The monoisotopic (exact) mass is 459 g/mol. The molecule has 0 aromatic carbocycles. The molecule has 2 fully saturated rings. The molecule has 7 heteroatoms. The van der Waals surface area contributed by atoms with Gasteiger partial charge in [-0.15, -0.1) is 0 Å². The van der Waals surface area contributed by atoms with E-state index in [1.165, 1.54) is 5.82 Å². The quantitative estimate of drug-likeness (QED) is 0.583. The summed E-state index contributed by atoms with van der Waals surface area (Å²) in [6.07, 6.45) is 9.62. The number of aromatic nitrogens is 2. The predicted molar refractivity (Wildman–Crippen MR) is 132 cm³/mol. The Bertz CT molecular complexity index is 766. The van der Waals surface area contributed by atoms with Crippen molar-refractivity contribution in [3.05, 3.63) is 18.2 Å². The zero-order chi connectivity index (χ0) is 24.0. The molecular formula is C26H45N5O2. The van der Waals surface area contributed by atoms with Crippen LogP contribution in [0, 0.1) is 17.8 Å². The third-order valence-electron chi connectivity index (χ3n) is 7.05. The van der Waals surface area contributed by atoms with E-state index in [1.54, 1.807) is 0 Å². The molecule has 0 saturated carbocycles. The molecule has 0 spiro atoms. The highest BCUT2D eigenvalue weighted by atomic mass is 16.2. The van der Waals surface area contributed by atoms with Gasteiger partial charge in [0.2, 0.25) is 11.8 Å². The van der Waals surface area contributed by atoms with Gasteiger partial charge >= 0.3 is 0 Å². The minimum Gasteiger partial charge on any atom is -0.341 e. The van der Waals surface area contributed by atoms with Crippen LogP contribution in [0.3, 0.4) is 0 Å². The van der Waals surface area contributed by atoms with Gasteiger partial charge in [0.15, 0.2) is 0 Å². The molecule has 1 unspecified atom stereocenters. The van der Waals surface area contributed by atoms with E-state index < -0.39 is 0 Å². The molecule has 2 saturated heterocycles. The summed E-state index contributed by atoms with van der Waals surface area (Å²) in [6.45, 7) is 14.7. The Morgan fingerprint density at radius 1 is 1.15 bits per heavy atom. The summed E-state index contributed by atoms with van der Waals surface area (Å²) in [4.78, 5) is 35.4. The fraction of sp³-hybridized carbons (Fsp3) is 0.808. The second-order valence-electron chi connectivity index (χ2n) is 10.8. The van der Waals surface area contributed by atoms with Gasteiger partial charge < -0.3 is 19.7 Å². The molecule has 1 aromatic heterocycles. The lowest BCUT2D eigenvalue weighted by molar-refractivity contribution is -0.150. The highest BCUT2D eigenvalue weighted by molar-refractivity contribution is 5.90. The third-order valence-corrected chi connectivity index (χ3v) is 7.05. The van der Waals surface area contributed by atoms with E-state index >= 15 is 0 Å². The van der Waals surface area contributed by atoms with Crippen molar-refractivity contribution in [3.8, 4) is 0 Å². The minimum atomic E-state index is -0.339. The number of likely N-dealkylation sites (tertiary alicyclic amines) is 1. The minimum absolute atomic E-state index is 0.103. The van der Waals surface area contributed by atoms with Crippen molar-refractivity contribution in [3.63, 3.8) is 0 Å². The van der Waals surface area contributed by atoms with Gasteiger partial charge in [-0.3, -0.25) is 9.59 Å². The number of carbonyl (C=O) groups excluding carboxylic acids is 2. The van der Waals surface area contributed by atoms with Crippen LogP contribution in [-0.4, -0.2) is 69.4 Å². The van der Waals surface area contributed by atoms with E-state index in [4.69, 9.17) is 0 Å². The van der Waals surface area contributed by atoms with Crippen molar-refractivity contribution in [2.24, 2.45) is 17.8 Å². The molecule has 0 bridgehead atoms. The summed E-state index contributed by atoms with van der Waals surface area (Å²) in [7, 11) is 0. The fourth-order valence-corrected chi connectivity index (χ4v) is 5.33. The maximum Gasteiger partial charge on any atom is 0.245 e. The smallest absolute Gasteiger partial charge is 0.245 e. The summed E-state index contributed by atoms with van der Waals surface area (Å²) < 4.78 is 2.26. The van der Waals surface area contributed by atoms with Gasteiger partial charge in [-0.05, 0) is 49.9 Å². The molecule has 0 aliphatic carbocycles. The topological polar surface area (TPSA) is 70.5 Å². The summed E-state index contributed by atoms with van der Waals surface area (Å²) in [6, 6.07) is -0.506. The van der Waals surface area contributed by atoms with Crippen LogP contribution in [-0.2, 0) is 22.6 Å². The van der Waals surface area contributed by atoms with Crippen LogP contribution in [0.4, 0.5) is 0 Å². The molecule has 1 aromatic rings. The largest absolute Gasteiger partial charge is 0.341 e. The standard InChI is InChI=1S/C26H45N5O2/c1-6-11-29-14-9-28-24(29)18-21-7-12-30(13-8-21)26(33)23(17-20(4)5)31-15-10-27-22(25(31)32)16-19(2)3/h9,14,19-23,27H,6-8,10-13,15-18H2,1-5H3/t22-,23?/m0/s1. The number of hydrogen-bond acceptors (Lipinski definition) is 4. The number of carbonyl (C=O) groups is 2. The van der Waals surface area contributed by atoms with Crippen LogP contribution in [0.1, 0.15) is 72.5 Å². The first-order valence-corrected chi connectivity index (χ1v) is 13.1. The van der Waals surface area contributed by atoms with Gasteiger partial charge in [-0.2, -0.15) is 0 Å². The number of nitrogens with one attached hydrogen (secondary N) is 1. The first-order valence-electron chi connectivity index (χ1n) is 13.1. The second-order valence-corrected chi connectivity index (χ2v) is 10.8. The van der Waals surface area contributed by atoms with E-state index in [0.717, 1.165) is 64.7 Å². The van der Waals surface area contributed by atoms with Gasteiger partial charge in [-0.25, -0.2) is 4.98 Å². The first kappa shape index (κ1) is 25.7. The molecule has 3 heterocycles. The maximum absolute atomic E-state index is 13.7. The Kier molecular flexibility index (Phi) is 9.36. The average molecular weight is 460 g/mol. The number of aryl methyl sites for hydroxylation is 1. The lowest BCUT2D eigenvalue weighted by Crippen LogP contribution is -2.62. The number of piperidine rings is 1. The molecule has 3 rings (SSSR count). The summed E-state index contributed by atoms with van der Waals surface area (Å²) in [5.41, 5.74) is 0. The van der Waals surface area contributed by atoms with Crippen LogP contribution in [0.15, 0.2) is 12.4 Å². The Balaban J connectivity index is 1.62. The third kappa shape index (κ3) is 6.81. The van der Waals surface area contributed by atoms with Crippen LogP contribution in [0.25, 0.3) is 0 Å². The van der Waals surface area contributed by atoms with Gasteiger partial charge in [0.25, 0.3) is 0 Å². The van der Waals surface area contributed by atoms with Crippen molar-refractivity contribution < 1.29 is 9.59 Å². The van der Waals surface area contributed by atoms with Gasteiger partial charge in [0.1, 0.15) is 11.9 Å². The lowest BCUT2D eigenvalue weighted by Gasteiger charge is -2.42. The van der Waals surface area contributed by atoms with Crippen LogP contribution < -0.4 is 5.32 Å². The van der Waals surface area contributed by atoms with E-state index in [1.807, 2.05) is 16.0 Å². The maximum atomic E-state index is 13.7. The van der Waals surface area contributed by atoms with Crippen molar-refractivity contribution in [1.82, 2.24) is 24.7 Å². The molecule has 2 aliphatic rings. The summed E-state index contributed by atoms with van der Waals surface area (Å²) in [5.74, 6) is 2.78. The van der Waals surface area contributed by atoms with E-state index in [9.17, 15) is 9.59 Å². The molecule has 33 heavy (non-hydrogen) atoms.